The predicted octanol–water partition coefficient (Wildman–Crippen LogP) is 3.15. The highest BCUT2D eigenvalue weighted by molar-refractivity contribution is 5.77. The summed E-state index contributed by atoms with van der Waals surface area (Å²) >= 11 is 0. The van der Waals surface area contributed by atoms with E-state index in [2.05, 4.69) is 15.0 Å². The summed E-state index contributed by atoms with van der Waals surface area (Å²) < 4.78 is 10.7. The molecule has 1 fully saturated rings. The van der Waals surface area contributed by atoms with Crippen LogP contribution in [0.15, 0.2) is 18.6 Å². The molecule has 7 heteroatoms. The van der Waals surface area contributed by atoms with Crippen molar-refractivity contribution in [1.82, 2.24) is 19.9 Å². The van der Waals surface area contributed by atoms with Crippen molar-refractivity contribution >= 4 is 17.1 Å². The molecule has 2 aromatic heterocycles. The summed E-state index contributed by atoms with van der Waals surface area (Å²) in [4.78, 5) is 27.2. The molecule has 0 aliphatic carbocycles. The van der Waals surface area contributed by atoms with Crippen molar-refractivity contribution in [2.24, 2.45) is 0 Å². The smallest absolute Gasteiger partial charge is 0.410 e. The Kier molecular flexibility index (Phi) is 4.74. The number of hydrogen-bond acceptors (Lipinski definition) is 6. The Hall–Kier alpha value is -2.44. The maximum atomic E-state index is 12.2. The van der Waals surface area contributed by atoms with E-state index >= 15 is 0 Å². The number of piperidine rings is 1. The largest absolute Gasteiger partial charge is 0.495 e. The molecule has 0 saturated carbocycles. The van der Waals surface area contributed by atoms with Crippen LogP contribution in [0.2, 0.25) is 0 Å². The Morgan fingerprint density at radius 1 is 1.20 bits per heavy atom. The van der Waals surface area contributed by atoms with Crippen LogP contribution in [0.4, 0.5) is 4.79 Å². The summed E-state index contributed by atoms with van der Waals surface area (Å²) in [6, 6.07) is 1.86. The van der Waals surface area contributed by atoms with Gasteiger partial charge in [0.05, 0.1) is 24.5 Å². The first-order chi connectivity index (χ1) is 11.9. The number of nitrogens with zero attached hydrogens (tertiary/aromatic N) is 4. The summed E-state index contributed by atoms with van der Waals surface area (Å²) in [5.74, 6) is 0.932. The fourth-order valence-corrected chi connectivity index (χ4v) is 3.02. The number of hydrogen-bond donors (Lipinski definition) is 0. The first-order valence-corrected chi connectivity index (χ1v) is 8.50. The van der Waals surface area contributed by atoms with Crippen molar-refractivity contribution in [3.8, 4) is 5.75 Å². The zero-order chi connectivity index (χ0) is 18.0. The van der Waals surface area contributed by atoms with Gasteiger partial charge in [-0.1, -0.05) is 0 Å². The zero-order valence-electron chi connectivity index (χ0n) is 15.2. The van der Waals surface area contributed by atoms with E-state index in [9.17, 15) is 4.79 Å². The van der Waals surface area contributed by atoms with E-state index in [4.69, 9.17) is 9.47 Å². The molecule has 25 heavy (non-hydrogen) atoms. The summed E-state index contributed by atoms with van der Waals surface area (Å²) in [6.45, 7) is 6.95. The number of likely N-dealkylation sites (tertiary alicyclic amines) is 1. The predicted molar refractivity (Wildman–Crippen MR) is 93.7 cm³/mol. The number of aromatic nitrogens is 3. The normalized spacial score (nSPS) is 16.1. The summed E-state index contributed by atoms with van der Waals surface area (Å²) in [5.41, 5.74) is 2.05. The van der Waals surface area contributed by atoms with Crippen molar-refractivity contribution < 1.29 is 14.3 Å². The first-order valence-electron chi connectivity index (χ1n) is 8.50. The number of carbonyl (C=O) groups is 1. The molecule has 0 spiro atoms. The lowest BCUT2D eigenvalue weighted by molar-refractivity contribution is 0.0204. The second kappa shape index (κ2) is 6.82. The van der Waals surface area contributed by atoms with Gasteiger partial charge in [0.15, 0.2) is 0 Å². The second-order valence-corrected chi connectivity index (χ2v) is 7.24. The molecule has 7 nitrogen and oxygen atoms in total. The number of carbonyl (C=O) groups excluding carboxylic acids is 1. The van der Waals surface area contributed by atoms with Crippen LogP contribution >= 0.6 is 0 Å². The van der Waals surface area contributed by atoms with Crippen molar-refractivity contribution in [2.45, 2.75) is 45.1 Å². The molecular formula is C18H24N4O3. The van der Waals surface area contributed by atoms with Gasteiger partial charge in [0.1, 0.15) is 23.2 Å². The fraction of sp³-hybridized carbons (Fsp3) is 0.556. The molecule has 0 N–H and O–H groups in total. The fourth-order valence-electron chi connectivity index (χ4n) is 3.02. The van der Waals surface area contributed by atoms with Crippen LogP contribution in [0.5, 0.6) is 5.75 Å². The Balaban J connectivity index is 1.73. The summed E-state index contributed by atoms with van der Waals surface area (Å²) in [7, 11) is 1.61. The highest BCUT2D eigenvalue weighted by Gasteiger charge is 2.29. The minimum Gasteiger partial charge on any atom is -0.495 e. The van der Waals surface area contributed by atoms with Crippen LogP contribution in [-0.2, 0) is 4.74 Å². The van der Waals surface area contributed by atoms with Crippen LogP contribution in [0.3, 0.4) is 0 Å². The van der Waals surface area contributed by atoms with E-state index in [1.54, 1.807) is 24.5 Å². The van der Waals surface area contributed by atoms with Gasteiger partial charge < -0.3 is 14.4 Å². The number of methoxy groups -OCH3 is 1. The van der Waals surface area contributed by atoms with Gasteiger partial charge in [-0.3, -0.25) is 0 Å². The number of ether oxygens (including phenoxy) is 2. The molecule has 3 heterocycles. The topological polar surface area (TPSA) is 77.4 Å². The van der Waals surface area contributed by atoms with Crippen LogP contribution in [-0.4, -0.2) is 51.7 Å². The van der Waals surface area contributed by atoms with E-state index in [0.717, 1.165) is 29.6 Å². The third kappa shape index (κ3) is 3.97. The third-order valence-corrected chi connectivity index (χ3v) is 4.25. The molecule has 0 bridgehead atoms. The number of rotatable bonds is 2. The lowest BCUT2D eigenvalue weighted by atomic mass is 9.92. The zero-order valence-corrected chi connectivity index (χ0v) is 15.2. The van der Waals surface area contributed by atoms with Crippen molar-refractivity contribution in [3.63, 3.8) is 0 Å². The van der Waals surface area contributed by atoms with E-state index in [-0.39, 0.29) is 12.0 Å². The molecule has 0 unspecified atom stereocenters. The third-order valence-electron chi connectivity index (χ3n) is 4.25. The number of fused-ring (bicyclic) bond motifs is 1. The lowest BCUT2D eigenvalue weighted by Crippen LogP contribution is -2.41. The Morgan fingerprint density at radius 3 is 2.56 bits per heavy atom. The van der Waals surface area contributed by atoms with Gasteiger partial charge in [-0.2, -0.15) is 0 Å². The van der Waals surface area contributed by atoms with E-state index in [0.29, 0.717) is 18.8 Å². The average molecular weight is 344 g/mol. The summed E-state index contributed by atoms with van der Waals surface area (Å²) in [6.07, 6.45) is 4.67. The minimum absolute atomic E-state index is 0.249. The molecule has 0 aromatic carbocycles. The van der Waals surface area contributed by atoms with Crippen LogP contribution < -0.4 is 4.74 Å². The first kappa shape index (κ1) is 17.4. The monoisotopic (exact) mass is 344 g/mol. The Labute approximate surface area is 147 Å². The van der Waals surface area contributed by atoms with Crippen molar-refractivity contribution in [2.75, 3.05) is 20.2 Å². The molecule has 0 radical (unpaired) electrons. The van der Waals surface area contributed by atoms with Crippen LogP contribution in [0.1, 0.15) is 45.2 Å². The standard InChI is InChI=1S/C18H24N4O3/c1-18(2,3)25-17(23)22-7-5-12(6-8-22)15-16-14(20-11-21-15)9-13(24-4)10-19-16/h9-12H,5-8H2,1-4H3. The lowest BCUT2D eigenvalue weighted by Gasteiger charge is -2.33. The minimum atomic E-state index is -0.472. The molecule has 1 aliphatic heterocycles. The van der Waals surface area contributed by atoms with Gasteiger partial charge >= 0.3 is 6.09 Å². The Bertz CT molecular complexity index is 764. The maximum Gasteiger partial charge on any atom is 0.410 e. The highest BCUT2D eigenvalue weighted by Crippen LogP contribution is 2.31. The van der Waals surface area contributed by atoms with Gasteiger partial charge in [0.25, 0.3) is 0 Å². The van der Waals surface area contributed by atoms with Gasteiger partial charge in [0.2, 0.25) is 0 Å². The van der Waals surface area contributed by atoms with Crippen molar-refractivity contribution in [3.05, 3.63) is 24.3 Å². The molecule has 134 valence electrons. The van der Waals surface area contributed by atoms with Crippen LogP contribution in [0.25, 0.3) is 11.0 Å². The van der Waals surface area contributed by atoms with E-state index < -0.39 is 5.60 Å². The quantitative estimate of drug-likeness (QED) is 0.833. The Morgan fingerprint density at radius 2 is 1.92 bits per heavy atom. The molecule has 3 rings (SSSR count). The second-order valence-electron chi connectivity index (χ2n) is 7.24. The molecule has 0 atom stereocenters. The van der Waals surface area contributed by atoms with Gasteiger partial charge in [0, 0.05) is 25.1 Å². The van der Waals surface area contributed by atoms with Crippen LogP contribution in [0, 0.1) is 0 Å². The summed E-state index contributed by atoms with van der Waals surface area (Å²) in [5, 5.41) is 0. The SMILES string of the molecule is COc1cnc2c(C3CCN(C(=O)OC(C)(C)C)CC3)ncnc2c1. The molecule has 1 amide bonds. The molecule has 1 aliphatic rings. The van der Waals surface area contributed by atoms with Crippen molar-refractivity contribution in [1.29, 1.82) is 0 Å². The number of pyridine rings is 1. The highest BCUT2D eigenvalue weighted by atomic mass is 16.6. The van der Waals surface area contributed by atoms with Gasteiger partial charge in [-0.25, -0.2) is 19.7 Å². The molecular weight excluding hydrogens is 320 g/mol. The van der Waals surface area contributed by atoms with E-state index in [1.165, 1.54) is 0 Å². The molecule has 2 aromatic rings. The van der Waals surface area contributed by atoms with Gasteiger partial charge in [-0.05, 0) is 33.6 Å². The molecule has 1 saturated heterocycles. The number of amides is 1. The van der Waals surface area contributed by atoms with E-state index in [1.807, 2.05) is 26.8 Å². The van der Waals surface area contributed by atoms with Gasteiger partial charge in [-0.15, -0.1) is 0 Å². The average Bonchev–Trinajstić information content (AvgIpc) is 2.59. The maximum absolute atomic E-state index is 12.2.